The van der Waals surface area contributed by atoms with E-state index in [0.29, 0.717) is 54.1 Å². The van der Waals surface area contributed by atoms with Crippen LogP contribution in [0.2, 0.25) is 0 Å². The number of halogens is 1. The van der Waals surface area contributed by atoms with Gasteiger partial charge in [-0.25, -0.2) is 9.97 Å². The number of hydrogen-bond acceptors (Lipinski definition) is 8. The molecule has 2 amide bonds. The molecule has 6 rings (SSSR count). The molecule has 1 saturated carbocycles. The zero-order valence-corrected chi connectivity index (χ0v) is 24.1. The van der Waals surface area contributed by atoms with Crippen molar-refractivity contribution in [3.8, 4) is 0 Å². The SMILES string of the molecule is CN(C)C(=O)c1cc2cnc(Nc3ccc(N4CCN(C(=O)c5ccc(Br)o5)CC4)cn3)nc2n1C1CCCC1. The maximum Gasteiger partial charge on any atom is 0.289 e. The van der Waals surface area contributed by atoms with Crippen LogP contribution in [0.25, 0.3) is 11.0 Å². The molecule has 1 aliphatic heterocycles. The van der Waals surface area contributed by atoms with Crippen molar-refractivity contribution in [3.63, 3.8) is 0 Å². The molecule has 0 bridgehead atoms. The molecule has 0 radical (unpaired) electrons. The van der Waals surface area contributed by atoms with Crippen LogP contribution in [0.15, 0.2) is 51.8 Å². The second-order valence-corrected chi connectivity index (χ2v) is 11.2. The van der Waals surface area contributed by atoms with Crippen LogP contribution in [0.1, 0.15) is 52.8 Å². The molecule has 5 heterocycles. The third-order valence-electron chi connectivity index (χ3n) is 7.59. The first-order valence-electron chi connectivity index (χ1n) is 13.5. The molecule has 11 nitrogen and oxygen atoms in total. The van der Waals surface area contributed by atoms with Crippen LogP contribution < -0.4 is 10.2 Å². The van der Waals surface area contributed by atoms with E-state index in [1.807, 2.05) is 24.4 Å². The van der Waals surface area contributed by atoms with E-state index in [9.17, 15) is 9.59 Å². The number of nitrogens with zero attached hydrogens (tertiary/aromatic N) is 7. The number of aromatic nitrogens is 4. The summed E-state index contributed by atoms with van der Waals surface area (Å²) >= 11 is 3.25. The maximum atomic E-state index is 12.9. The molecule has 208 valence electrons. The van der Waals surface area contributed by atoms with E-state index in [2.05, 4.69) is 40.7 Å². The first-order valence-corrected chi connectivity index (χ1v) is 14.3. The van der Waals surface area contributed by atoms with Gasteiger partial charge in [0.1, 0.15) is 17.2 Å². The van der Waals surface area contributed by atoms with E-state index in [1.165, 1.54) is 0 Å². The Balaban J connectivity index is 1.15. The number of rotatable bonds is 6. The summed E-state index contributed by atoms with van der Waals surface area (Å²) in [7, 11) is 3.54. The Hall–Kier alpha value is -3.93. The van der Waals surface area contributed by atoms with Crippen molar-refractivity contribution in [1.82, 2.24) is 29.3 Å². The van der Waals surface area contributed by atoms with Gasteiger partial charge in [-0.3, -0.25) is 9.59 Å². The van der Waals surface area contributed by atoms with Crippen molar-refractivity contribution in [1.29, 1.82) is 0 Å². The number of hydrogen-bond donors (Lipinski definition) is 1. The number of carbonyl (C=O) groups is 2. The first-order chi connectivity index (χ1) is 19.4. The second-order valence-electron chi connectivity index (χ2n) is 10.4. The summed E-state index contributed by atoms with van der Waals surface area (Å²) in [6, 6.07) is 9.47. The van der Waals surface area contributed by atoms with Crippen LogP contribution in [0.4, 0.5) is 17.5 Å². The Morgan fingerprint density at radius 1 is 1.02 bits per heavy atom. The predicted octanol–water partition coefficient (Wildman–Crippen LogP) is 4.70. The molecule has 4 aromatic rings. The Labute approximate surface area is 240 Å². The Morgan fingerprint density at radius 2 is 1.80 bits per heavy atom. The monoisotopic (exact) mass is 606 g/mol. The van der Waals surface area contributed by atoms with Crippen LogP contribution in [-0.4, -0.2) is 81.4 Å². The zero-order valence-electron chi connectivity index (χ0n) is 22.5. The van der Waals surface area contributed by atoms with Crippen molar-refractivity contribution >= 4 is 56.2 Å². The largest absolute Gasteiger partial charge is 0.444 e. The molecular weight excluding hydrogens is 576 g/mol. The van der Waals surface area contributed by atoms with Crippen molar-refractivity contribution < 1.29 is 14.0 Å². The topological polar surface area (TPSA) is 113 Å². The maximum absolute atomic E-state index is 12.9. The Morgan fingerprint density at radius 3 is 2.45 bits per heavy atom. The molecule has 4 aromatic heterocycles. The lowest BCUT2D eigenvalue weighted by Crippen LogP contribution is -2.48. The number of amides is 2. The number of fused-ring (bicyclic) bond motifs is 1. The van der Waals surface area contributed by atoms with E-state index < -0.39 is 0 Å². The van der Waals surface area contributed by atoms with Crippen molar-refractivity contribution in [2.45, 2.75) is 31.7 Å². The summed E-state index contributed by atoms with van der Waals surface area (Å²) in [5.74, 6) is 1.27. The van der Waals surface area contributed by atoms with Gasteiger partial charge in [0.15, 0.2) is 10.4 Å². The molecule has 40 heavy (non-hydrogen) atoms. The van der Waals surface area contributed by atoms with Crippen LogP contribution in [0.3, 0.4) is 0 Å². The van der Waals surface area contributed by atoms with E-state index in [1.54, 1.807) is 42.2 Å². The number of carbonyl (C=O) groups excluding carboxylic acids is 2. The van der Waals surface area contributed by atoms with Gasteiger partial charge in [-0.1, -0.05) is 12.8 Å². The van der Waals surface area contributed by atoms with E-state index in [0.717, 1.165) is 42.4 Å². The predicted molar refractivity (Wildman–Crippen MR) is 155 cm³/mol. The fourth-order valence-electron chi connectivity index (χ4n) is 5.51. The zero-order chi connectivity index (χ0) is 27.8. The number of nitrogens with one attached hydrogen (secondary N) is 1. The second kappa shape index (κ2) is 10.9. The van der Waals surface area contributed by atoms with Gasteiger partial charge in [0.05, 0.1) is 11.9 Å². The normalized spacial score (nSPS) is 16.1. The van der Waals surface area contributed by atoms with Gasteiger partial charge in [0, 0.05) is 57.9 Å². The van der Waals surface area contributed by atoms with Gasteiger partial charge in [-0.05, 0) is 59.1 Å². The summed E-state index contributed by atoms with van der Waals surface area (Å²) in [4.78, 5) is 45.1. The van der Waals surface area contributed by atoms with Crippen LogP contribution in [0.5, 0.6) is 0 Å². The molecule has 0 aromatic carbocycles. The summed E-state index contributed by atoms with van der Waals surface area (Å²) in [5, 5.41) is 4.07. The number of pyridine rings is 1. The lowest BCUT2D eigenvalue weighted by Gasteiger charge is -2.35. The van der Waals surface area contributed by atoms with Gasteiger partial charge in [-0.2, -0.15) is 4.98 Å². The summed E-state index contributed by atoms with van der Waals surface area (Å²) < 4.78 is 8.06. The number of piperazine rings is 1. The average Bonchev–Trinajstić information content (AvgIpc) is 3.72. The fraction of sp³-hybridized carbons (Fsp3) is 0.393. The molecule has 1 N–H and O–H groups in total. The highest BCUT2D eigenvalue weighted by Gasteiger charge is 2.27. The minimum absolute atomic E-state index is 0.0316. The molecule has 0 atom stereocenters. The highest BCUT2D eigenvalue weighted by molar-refractivity contribution is 9.10. The standard InChI is InChI=1S/C28H31BrN8O3/c1-34(2)26(38)21-15-18-16-31-28(33-25(18)37(21)19-5-3-4-6-19)32-24-10-7-20(17-30-24)35-11-13-36(14-12-35)27(39)22-8-9-23(29)40-22/h7-10,15-17,19H,3-6,11-14H2,1-2H3,(H,30,31,32,33). The molecular formula is C28H31BrN8O3. The Bertz CT molecular complexity index is 1530. The molecule has 1 aliphatic carbocycles. The fourth-order valence-corrected chi connectivity index (χ4v) is 5.82. The minimum Gasteiger partial charge on any atom is -0.444 e. The quantitative estimate of drug-likeness (QED) is 0.336. The third-order valence-corrected chi connectivity index (χ3v) is 8.02. The average molecular weight is 608 g/mol. The molecule has 2 fully saturated rings. The number of furan rings is 1. The van der Waals surface area contributed by atoms with Gasteiger partial charge in [0.2, 0.25) is 5.95 Å². The number of anilines is 3. The van der Waals surface area contributed by atoms with Crippen LogP contribution in [0, 0.1) is 0 Å². The van der Waals surface area contributed by atoms with E-state index >= 15 is 0 Å². The van der Waals surface area contributed by atoms with Gasteiger partial charge < -0.3 is 29.0 Å². The Kier molecular flexibility index (Phi) is 7.18. The van der Waals surface area contributed by atoms with Crippen LogP contribution in [-0.2, 0) is 0 Å². The minimum atomic E-state index is -0.0998. The van der Waals surface area contributed by atoms with Gasteiger partial charge >= 0.3 is 0 Å². The molecule has 0 spiro atoms. The van der Waals surface area contributed by atoms with Crippen LogP contribution >= 0.6 is 15.9 Å². The van der Waals surface area contributed by atoms with Gasteiger partial charge in [0.25, 0.3) is 11.8 Å². The summed E-state index contributed by atoms with van der Waals surface area (Å²) in [6.45, 7) is 2.61. The highest BCUT2D eigenvalue weighted by atomic mass is 79.9. The molecule has 0 unspecified atom stereocenters. The molecule has 2 aliphatic rings. The van der Waals surface area contributed by atoms with Crippen molar-refractivity contribution in [3.05, 3.63) is 58.8 Å². The smallest absolute Gasteiger partial charge is 0.289 e. The first kappa shape index (κ1) is 26.3. The molecule has 12 heteroatoms. The van der Waals surface area contributed by atoms with E-state index in [-0.39, 0.29) is 17.9 Å². The van der Waals surface area contributed by atoms with Gasteiger partial charge in [-0.15, -0.1) is 0 Å². The summed E-state index contributed by atoms with van der Waals surface area (Å²) in [5.41, 5.74) is 2.40. The lowest BCUT2D eigenvalue weighted by molar-refractivity contribution is 0.0713. The van der Waals surface area contributed by atoms with E-state index in [4.69, 9.17) is 9.40 Å². The lowest BCUT2D eigenvalue weighted by atomic mass is 10.2. The van der Waals surface area contributed by atoms with Crippen molar-refractivity contribution in [2.75, 3.05) is 50.5 Å². The molecule has 1 saturated heterocycles. The third kappa shape index (κ3) is 5.15. The van der Waals surface area contributed by atoms with Crippen molar-refractivity contribution in [2.24, 2.45) is 0 Å². The highest BCUT2D eigenvalue weighted by Crippen LogP contribution is 2.35. The summed E-state index contributed by atoms with van der Waals surface area (Å²) in [6.07, 6.45) is 7.96.